The van der Waals surface area contributed by atoms with E-state index in [1.165, 1.54) is 11.3 Å². The number of thiophene rings is 1. The number of carbonyl (C=O) groups excluding carboxylic acids is 1. The SMILES string of the molecule is O=C(OI)c1cccs1. The molecule has 0 aliphatic heterocycles. The summed E-state index contributed by atoms with van der Waals surface area (Å²) in [6, 6.07) is 3.54. The minimum atomic E-state index is -0.273. The fraction of sp³-hybridized carbons (Fsp3) is 0. The van der Waals surface area contributed by atoms with E-state index in [1.807, 2.05) is 11.4 Å². The first-order valence-electron chi connectivity index (χ1n) is 2.21. The quantitative estimate of drug-likeness (QED) is 0.718. The summed E-state index contributed by atoms with van der Waals surface area (Å²) >= 11 is 2.95. The molecule has 1 rings (SSSR count). The lowest BCUT2D eigenvalue weighted by Gasteiger charge is -1.86. The molecule has 0 unspecified atom stereocenters. The van der Waals surface area contributed by atoms with E-state index in [4.69, 9.17) is 0 Å². The summed E-state index contributed by atoms with van der Waals surface area (Å²) in [5.74, 6) is -0.273. The topological polar surface area (TPSA) is 26.3 Å². The van der Waals surface area contributed by atoms with Crippen LogP contribution in [0.4, 0.5) is 0 Å². The van der Waals surface area contributed by atoms with Crippen molar-refractivity contribution in [1.29, 1.82) is 0 Å². The summed E-state index contributed by atoms with van der Waals surface area (Å²) in [6.07, 6.45) is 0. The highest BCUT2D eigenvalue weighted by atomic mass is 127. The van der Waals surface area contributed by atoms with E-state index in [2.05, 4.69) is 3.07 Å². The van der Waals surface area contributed by atoms with Gasteiger partial charge in [0.2, 0.25) is 0 Å². The number of hydrogen-bond acceptors (Lipinski definition) is 3. The Morgan fingerprint density at radius 2 is 2.56 bits per heavy atom. The molecule has 0 radical (unpaired) electrons. The van der Waals surface area contributed by atoms with Crippen LogP contribution >= 0.6 is 34.3 Å². The molecule has 0 saturated carbocycles. The molecule has 0 aliphatic rings. The molecule has 0 N–H and O–H groups in total. The lowest BCUT2D eigenvalue weighted by Crippen LogP contribution is -1.91. The number of halogens is 1. The largest absolute Gasteiger partial charge is 0.390 e. The second kappa shape index (κ2) is 3.17. The Balaban J connectivity index is 2.77. The normalized spacial score (nSPS) is 9.00. The molecule has 2 nitrogen and oxygen atoms in total. The molecule has 9 heavy (non-hydrogen) atoms. The molecule has 0 spiro atoms. The number of carbonyl (C=O) groups is 1. The van der Waals surface area contributed by atoms with E-state index < -0.39 is 0 Å². The Kier molecular flexibility index (Phi) is 2.47. The Labute approximate surface area is 70.5 Å². The average molecular weight is 254 g/mol. The van der Waals surface area contributed by atoms with Crippen LogP contribution in [0.2, 0.25) is 0 Å². The van der Waals surface area contributed by atoms with E-state index in [-0.39, 0.29) is 5.97 Å². The van der Waals surface area contributed by atoms with Crippen LogP contribution in [-0.2, 0) is 3.07 Å². The highest BCUT2D eigenvalue weighted by Crippen LogP contribution is 2.10. The zero-order chi connectivity index (χ0) is 6.69. The Hall–Kier alpha value is -0.100. The smallest absolute Gasteiger partial charge is 0.357 e. The van der Waals surface area contributed by atoms with E-state index in [1.54, 1.807) is 29.1 Å². The van der Waals surface area contributed by atoms with Gasteiger partial charge in [-0.05, 0) is 11.4 Å². The van der Waals surface area contributed by atoms with Crippen LogP contribution in [0.25, 0.3) is 0 Å². The van der Waals surface area contributed by atoms with Crippen molar-refractivity contribution in [1.82, 2.24) is 0 Å². The van der Waals surface area contributed by atoms with Crippen molar-refractivity contribution in [2.24, 2.45) is 0 Å². The fourth-order valence-corrected chi connectivity index (χ4v) is 1.42. The zero-order valence-electron chi connectivity index (χ0n) is 4.33. The van der Waals surface area contributed by atoms with Crippen molar-refractivity contribution in [2.45, 2.75) is 0 Å². The molecular formula is C5H3IO2S. The van der Waals surface area contributed by atoms with Crippen LogP contribution in [0.5, 0.6) is 0 Å². The van der Waals surface area contributed by atoms with Gasteiger partial charge in [0.25, 0.3) is 0 Å². The molecule has 0 bridgehead atoms. The maximum absolute atomic E-state index is 10.7. The van der Waals surface area contributed by atoms with E-state index in [0.29, 0.717) is 4.88 Å². The standard InChI is InChI=1S/C5H3IO2S/c6-8-5(7)4-2-1-3-9-4/h1-3H. The molecular weight excluding hydrogens is 251 g/mol. The van der Waals surface area contributed by atoms with Crippen LogP contribution in [0.3, 0.4) is 0 Å². The van der Waals surface area contributed by atoms with Crippen molar-refractivity contribution >= 4 is 40.3 Å². The van der Waals surface area contributed by atoms with Gasteiger partial charge in [0, 0.05) is 0 Å². The first kappa shape index (κ1) is 7.01. The Bertz CT molecular complexity index is 195. The molecule has 0 aromatic carbocycles. The van der Waals surface area contributed by atoms with Gasteiger partial charge in [-0.3, -0.25) is 0 Å². The molecule has 0 aliphatic carbocycles. The summed E-state index contributed by atoms with van der Waals surface area (Å²) in [7, 11) is 0. The van der Waals surface area contributed by atoms with Crippen LogP contribution in [0.1, 0.15) is 9.67 Å². The molecule has 0 fully saturated rings. The van der Waals surface area contributed by atoms with Gasteiger partial charge in [0.15, 0.2) is 23.0 Å². The molecule has 4 heteroatoms. The average Bonchev–Trinajstić information content (AvgIpc) is 2.37. The van der Waals surface area contributed by atoms with Crippen molar-refractivity contribution in [2.75, 3.05) is 0 Å². The second-order valence-corrected chi connectivity index (χ2v) is 2.73. The lowest BCUT2D eigenvalue weighted by molar-refractivity contribution is 0.0805. The van der Waals surface area contributed by atoms with Crippen molar-refractivity contribution < 1.29 is 7.86 Å². The summed E-state index contributed by atoms with van der Waals surface area (Å²) < 4.78 is 4.44. The lowest BCUT2D eigenvalue weighted by atomic mass is 10.5. The Morgan fingerprint density at radius 1 is 1.78 bits per heavy atom. The predicted molar refractivity (Wildman–Crippen MR) is 43.8 cm³/mol. The maximum atomic E-state index is 10.7. The van der Waals surface area contributed by atoms with Crippen molar-refractivity contribution in [3.63, 3.8) is 0 Å². The highest BCUT2D eigenvalue weighted by molar-refractivity contribution is 14.1. The van der Waals surface area contributed by atoms with Gasteiger partial charge >= 0.3 is 5.97 Å². The molecule has 1 aromatic rings. The summed E-state index contributed by atoms with van der Waals surface area (Å²) in [5, 5.41) is 1.84. The summed E-state index contributed by atoms with van der Waals surface area (Å²) in [4.78, 5) is 11.3. The van der Waals surface area contributed by atoms with E-state index in [9.17, 15) is 4.79 Å². The third-order valence-electron chi connectivity index (χ3n) is 0.792. The number of rotatable bonds is 1. The zero-order valence-corrected chi connectivity index (χ0v) is 7.31. The maximum Gasteiger partial charge on any atom is 0.357 e. The van der Waals surface area contributed by atoms with Crippen LogP contribution in [0, 0.1) is 0 Å². The molecule has 1 aromatic heterocycles. The van der Waals surface area contributed by atoms with Gasteiger partial charge in [-0.1, -0.05) is 6.07 Å². The highest BCUT2D eigenvalue weighted by Gasteiger charge is 2.04. The van der Waals surface area contributed by atoms with Gasteiger partial charge < -0.3 is 3.07 Å². The van der Waals surface area contributed by atoms with Gasteiger partial charge in [0.1, 0.15) is 4.88 Å². The van der Waals surface area contributed by atoms with E-state index in [0.717, 1.165) is 0 Å². The number of hydrogen-bond donors (Lipinski definition) is 0. The van der Waals surface area contributed by atoms with E-state index >= 15 is 0 Å². The van der Waals surface area contributed by atoms with Gasteiger partial charge in [-0.15, -0.1) is 11.3 Å². The first-order valence-corrected chi connectivity index (χ1v) is 3.97. The second-order valence-electron chi connectivity index (χ2n) is 1.34. The van der Waals surface area contributed by atoms with Crippen molar-refractivity contribution in [3.8, 4) is 0 Å². The van der Waals surface area contributed by atoms with Gasteiger partial charge in [-0.2, -0.15) is 0 Å². The van der Waals surface area contributed by atoms with Crippen LogP contribution in [0.15, 0.2) is 17.5 Å². The first-order chi connectivity index (χ1) is 4.34. The van der Waals surface area contributed by atoms with Crippen molar-refractivity contribution in [3.05, 3.63) is 22.4 Å². The molecule has 0 atom stereocenters. The third kappa shape index (κ3) is 1.65. The molecule has 48 valence electrons. The minimum absolute atomic E-state index is 0.273. The predicted octanol–water partition coefficient (Wildman–Crippen LogP) is 2.25. The third-order valence-corrected chi connectivity index (χ3v) is 2.04. The fourth-order valence-electron chi connectivity index (χ4n) is 0.433. The molecule has 1 heterocycles. The van der Waals surface area contributed by atoms with Gasteiger partial charge in [-0.25, -0.2) is 4.79 Å². The molecule has 0 saturated heterocycles. The monoisotopic (exact) mass is 254 g/mol. The van der Waals surface area contributed by atoms with Crippen LogP contribution in [-0.4, -0.2) is 5.97 Å². The van der Waals surface area contributed by atoms with Crippen LogP contribution < -0.4 is 0 Å². The van der Waals surface area contributed by atoms with Gasteiger partial charge in [0.05, 0.1) is 0 Å². The summed E-state index contributed by atoms with van der Waals surface area (Å²) in [5.41, 5.74) is 0. The minimum Gasteiger partial charge on any atom is -0.390 e. The summed E-state index contributed by atoms with van der Waals surface area (Å²) in [6.45, 7) is 0. The Morgan fingerprint density at radius 3 is 3.00 bits per heavy atom. The molecule has 0 amide bonds.